The van der Waals surface area contributed by atoms with Gasteiger partial charge in [0.05, 0.1) is 12.8 Å². The van der Waals surface area contributed by atoms with E-state index in [4.69, 9.17) is 4.42 Å². The van der Waals surface area contributed by atoms with Crippen LogP contribution in [0.5, 0.6) is 0 Å². The van der Waals surface area contributed by atoms with Crippen molar-refractivity contribution in [2.24, 2.45) is 0 Å². The predicted octanol–water partition coefficient (Wildman–Crippen LogP) is 1.89. The first-order chi connectivity index (χ1) is 9.08. The third kappa shape index (κ3) is 4.77. The molecule has 2 amide bonds. The molecule has 0 spiro atoms. The van der Waals surface area contributed by atoms with Crippen molar-refractivity contribution in [1.82, 2.24) is 9.80 Å². The molecule has 0 aliphatic rings. The molecule has 0 radical (unpaired) electrons. The minimum atomic E-state index is -0.0521. The van der Waals surface area contributed by atoms with E-state index < -0.39 is 0 Å². The molecular formula is C14H22N2O3. The average molecular weight is 266 g/mol. The van der Waals surface area contributed by atoms with Crippen LogP contribution in [0.25, 0.3) is 0 Å². The van der Waals surface area contributed by atoms with Crippen LogP contribution in [-0.2, 0) is 16.1 Å². The van der Waals surface area contributed by atoms with E-state index in [9.17, 15) is 9.59 Å². The fourth-order valence-corrected chi connectivity index (χ4v) is 1.90. The lowest BCUT2D eigenvalue weighted by molar-refractivity contribution is -0.133. The Labute approximate surface area is 114 Å². The Morgan fingerprint density at radius 1 is 1.21 bits per heavy atom. The van der Waals surface area contributed by atoms with E-state index in [2.05, 4.69) is 0 Å². The van der Waals surface area contributed by atoms with E-state index >= 15 is 0 Å². The van der Waals surface area contributed by atoms with Crippen molar-refractivity contribution in [1.29, 1.82) is 0 Å². The van der Waals surface area contributed by atoms with Gasteiger partial charge in [0.15, 0.2) is 0 Å². The predicted molar refractivity (Wildman–Crippen MR) is 72.3 cm³/mol. The smallest absolute Gasteiger partial charge is 0.224 e. The van der Waals surface area contributed by atoms with Crippen LogP contribution in [0.1, 0.15) is 33.0 Å². The molecule has 1 rings (SSSR count). The zero-order valence-electron chi connectivity index (χ0n) is 11.9. The third-order valence-electron chi connectivity index (χ3n) is 3.08. The summed E-state index contributed by atoms with van der Waals surface area (Å²) in [5, 5.41) is 0. The van der Waals surface area contributed by atoms with Gasteiger partial charge in [-0.2, -0.15) is 0 Å². The van der Waals surface area contributed by atoms with Crippen LogP contribution in [0.15, 0.2) is 22.8 Å². The van der Waals surface area contributed by atoms with E-state index in [1.54, 1.807) is 22.1 Å². The topological polar surface area (TPSA) is 53.8 Å². The number of amides is 2. The zero-order chi connectivity index (χ0) is 14.3. The fraction of sp³-hybridized carbons (Fsp3) is 0.571. The molecule has 5 nitrogen and oxygen atoms in total. The first-order valence-corrected chi connectivity index (χ1v) is 6.64. The van der Waals surface area contributed by atoms with E-state index in [1.807, 2.05) is 19.9 Å². The largest absolute Gasteiger partial charge is 0.467 e. The summed E-state index contributed by atoms with van der Waals surface area (Å²) >= 11 is 0. The number of rotatable bonds is 7. The molecule has 0 aromatic carbocycles. The van der Waals surface area contributed by atoms with Crippen LogP contribution >= 0.6 is 0 Å². The molecule has 0 fully saturated rings. The summed E-state index contributed by atoms with van der Waals surface area (Å²) in [6.07, 6.45) is 1.93. The van der Waals surface area contributed by atoms with Crippen LogP contribution in [-0.4, -0.2) is 41.2 Å². The molecule has 1 heterocycles. The third-order valence-corrected chi connectivity index (χ3v) is 3.08. The summed E-state index contributed by atoms with van der Waals surface area (Å²) in [6.45, 7) is 7.64. The second-order valence-electron chi connectivity index (χ2n) is 4.34. The Kier molecular flexibility index (Phi) is 6.12. The average Bonchev–Trinajstić information content (AvgIpc) is 2.88. The summed E-state index contributed by atoms with van der Waals surface area (Å²) in [5.74, 6) is 0.755. The van der Waals surface area contributed by atoms with Crippen molar-refractivity contribution in [3.8, 4) is 0 Å². The molecule has 19 heavy (non-hydrogen) atoms. The van der Waals surface area contributed by atoms with Gasteiger partial charge < -0.3 is 14.2 Å². The Morgan fingerprint density at radius 3 is 2.37 bits per heavy atom. The van der Waals surface area contributed by atoms with Crippen LogP contribution < -0.4 is 0 Å². The van der Waals surface area contributed by atoms with Crippen molar-refractivity contribution >= 4 is 11.8 Å². The summed E-state index contributed by atoms with van der Waals surface area (Å²) in [5.41, 5.74) is 0. The summed E-state index contributed by atoms with van der Waals surface area (Å²) in [6, 6.07) is 3.61. The van der Waals surface area contributed by atoms with Gasteiger partial charge in [0, 0.05) is 33.0 Å². The number of nitrogens with zero attached hydrogens (tertiary/aromatic N) is 2. The molecule has 1 aromatic rings. The normalized spacial score (nSPS) is 10.3. The highest BCUT2D eigenvalue weighted by Gasteiger charge is 2.15. The minimum absolute atomic E-state index is 0.0521. The maximum absolute atomic E-state index is 11.9. The van der Waals surface area contributed by atoms with Crippen LogP contribution in [0.4, 0.5) is 0 Å². The molecule has 0 bridgehead atoms. The van der Waals surface area contributed by atoms with E-state index in [0.29, 0.717) is 32.6 Å². The van der Waals surface area contributed by atoms with Crippen molar-refractivity contribution in [3.05, 3.63) is 24.2 Å². The number of hydrogen-bond donors (Lipinski definition) is 0. The number of carbonyl (C=O) groups is 2. The maximum atomic E-state index is 11.9. The second-order valence-corrected chi connectivity index (χ2v) is 4.34. The molecule has 1 aromatic heterocycles. The van der Waals surface area contributed by atoms with Gasteiger partial charge in [-0.05, 0) is 26.0 Å². The molecule has 0 saturated heterocycles. The van der Waals surface area contributed by atoms with Gasteiger partial charge in [-0.3, -0.25) is 9.59 Å². The lowest BCUT2D eigenvalue weighted by Crippen LogP contribution is -2.35. The quantitative estimate of drug-likeness (QED) is 0.757. The fourth-order valence-electron chi connectivity index (χ4n) is 1.90. The van der Waals surface area contributed by atoms with Crippen LogP contribution in [0, 0.1) is 0 Å². The molecule has 0 saturated carbocycles. The van der Waals surface area contributed by atoms with E-state index in [0.717, 1.165) is 5.76 Å². The van der Waals surface area contributed by atoms with Gasteiger partial charge in [-0.1, -0.05) is 0 Å². The summed E-state index contributed by atoms with van der Waals surface area (Å²) in [7, 11) is 0. The van der Waals surface area contributed by atoms with Gasteiger partial charge in [0.2, 0.25) is 11.8 Å². The highest BCUT2D eigenvalue weighted by molar-refractivity contribution is 5.78. The van der Waals surface area contributed by atoms with Crippen LogP contribution in [0.3, 0.4) is 0 Å². The summed E-state index contributed by atoms with van der Waals surface area (Å²) < 4.78 is 5.22. The van der Waals surface area contributed by atoms with Crippen LogP contribution in [0.2, 0.25) is 0 Å². The van der Waals surface area contributed by atoms with Gasteiger partial charge in [0.1, 0.15) is 5.76 Å². The zero-order valence-corrected chi connectivity index (χ0v) is 11.9. The molecule has 0 aliphatic heterocycles. The minimum Gasteiger partial charge on any atom is -0.467 e. The Balaban J connectivity index is 2.50. The number of hydrogen-bond acceptors (Lipinski definition) is 3. The van der Waals surface area contributed by atoms with Crippen molar-refractivity contribution in [2.45, 2.75) is 33.7 Å². The Hall–Kier alpha value is -1.78. The summed E-state index contributed by atoms with van der Waals surface area (Å²) in [4.78, 5) is 26.8. The molecule has 0 N–H and O–H groups in total. The highest BCUT2D eigenvalue weighted by Crippen LogP contribution is 2.07. The number of furan rings is 1. The SMILES string of the molecule is CCN(CC)C(=O)CCN(Cc1ccco1)C(C)=O. The molecule has 0 unspecified atom stereocenters. The molecule has 0 atom stereocenters. The highest BCUT2D eigenvalue weighted by atomic mass is 16.3. The first-order valence-electron chi connectivity index (χ1n) is 6.64. The first kappa shape index (κ1) is 15.3. The van der Waals surface area contributed by atoms with Crippen molar-refractivity contribution in [3.63, 3.8) is 0 Å². The lowest BCUT2D eigenvalue weighted by atomic mass is 10.3. The molecule has 106 valence electrons. The lowest BCUT2D eigenvalue weighted by Gasteiger charge is -2.23. The van der Waals surface area contributed by atoms with E-state index in [-0.39, 0.29) is 11.8 Å². The maximum Gasteiger partial charge on any atom is 0.224 e. The Bertz CT molecular complexity index is 397. The van der Waals surface area contributed by atoms with Gasteiger partial charge in [0.25, 0.3) is 0 Å². The molecule has 5 heteroatoms. The van der Waals surface area contributed by atoms with Gasteiger partial charge in [-0.15, -0.1) is 0 Å². The van der Waals surface area contributed by atoms with Crippen molar-refractivity contribution in [2.75, 3.05) is 19.6 Å². The Morgan fingerprint density at radius 2 is 1.89 bits per heavy atom. The van der Waals surface area contributed by atoms with Gasteiger partial charge in [-0.25, -0.2) is 0 Å². The van der Waals surface area contributed by atoms with Crippen molar-refractivity contribution < 1.29 is 14.0 Å². The van der Waals surface area contributed by atoms with Gasteiger partial charge >= 0.3 is 0 Å². The monoisotopic (exact) mass is 266 g/mol. The van der Waals surface area contributed by atoms with E-state index in [1.165, 1.54) is 6.92 Å². The standard InChI is InChI=1S/C14H22N2O3/c1-4-15(5-2)14(18)8-9-16(12(3)17)11-13-7-6-10-19-13/h6-7,10H,4-5,8-9,11H2,1-3H3. The molecular weight excluding hydrogens is 244 g/mol. The second kappa shape index (κ2) is 7.61. The molecule has 0 aliphatic carbocycles. The number of carbonyl (C=O) groups excluding carboxylic acids is 2.